The van der Waals surface area contributed by atoms with Crippen LogP contribution in [0.1, 0.15) is 57.8 Å². The highest BCUT2D eigenvalue weighted by Crippen LogP contribution is 2.35. The van der Waals surface area contributed by atoms with E-state index in [-0.39, 0.29) is 41.2 Å². The van der Waals surface area contributed by atoms with Crippen LogP contribution >= 0.6 is 24.0 Å². The zero-order chi connectivity index (χ0) is 19.1. The minimum Gasteiger partial charge on any atom is -0.355 e. The van der Waals surface area contributed by atoms with Crippen LogP contribution in [0.25, 0.3) is 0 Å². The van der Waals surface area contributed by atoms with Gasteiger partial charge in [0.05, 0.1) is 0 Å². The molecule has 2 saturated heterocycles. The average Bonchev–Trinajstić information content (AvgIpc) is 3.02. The number of carbonyl (C=O) groups is 2. The van der Waals surface area contributed by atoms with E-state index in [0.29, 0.717) is 31.8 Å². The molecule has 1 atom stereocenters. The van der Waals surface area contributed by atoms with Crippen LogP contribution in [0.5, 0.6) is 0 Å². The summed E-state index contributed by atoms with van der Waals surface area (Å²) in [6, 6.07) is 0. The molecule has 8 heteroatoms. The van der Waals surface area contributed by atoms with Crippen molar-refractivity contribution in [2.24, 2.45) is 16.3 Å². The molecule has 2 aliphatic heterocycles. The summed E-state index contributed by atoms with van der Waals surface area (Å²) in [5, 5.41) is 9.39. The molecule has 0 aromatic rings. The highest BCUT2D eigenvalue weighted by atomic mass is 127. The van der Waals surface area contributed by atoms with E-state index in [1.165, 1.54) is 32.1 Å². The van der Waals surface area contributed by atoms with Crippen molar-refractivity contribution in [2.75, 3.05) is 39.8 Å². The predicted octanol–water partition coefficient (Wildman–Crippen LogP) is 1.87. The van der Waals surface area contributed by atoms with Crippen molar-refractivity contribution in [3.63, 3.8) is 0 Å². The van der Waals surface area contributed by atoms with E-state index in [1.807, 2.05) is 0 Å². The number of aliphatic imine (C=N–C) groups is 1. The number of carbonyl (C=O) groups excluding carboxylic acids is 2. The maximum Gasteiger partial charge on any atom is 0.220 e. The summed E-state index contributed by atoms with van der Waals surface area (Å²) in [7, 11) is 1.79. The molecule has 1 spiro atoms. The third kappa shape index (κ3) is 6.49. The fourth-order valence-corrected chi connectivity index (χ4v) is 4.86. The average molecular weight is 505 g/mol. The van der Waals surface area contributed by atoms with Crippen LogP contribution in [0.2, 0.25) is 0 Å². The molecule has 0 aromatic heterocycles. The van der Waals surface area contributed by atoms with E-state index in [9.17, 15) is 9.59 Å². The topological polar surface area (TPSA) is 85.8 Å². The lowest BCUT2D eigenvalue weighted by Gasteiger charge is -2.40. The molecule has 0 bridgehead atoms. The summed E-state index contributed by atoms with van der Waals surface area (Å²) in [5.41, 5.74) is 0.0567. The van der Waals surface area contributed by atoms with E-state index in [1.54, 1.807) is 7.05 Å². The Balaban J connectivity index is 0.00000280. The lowest BCUT2D eigenvalue weighted by molar-refractivity contribution is -0.122. The largest absolute Gasteiger partial charge is 0.355 e. The minimum atomic E-state index is 0. The van der Waals surface area contributed by atoms with Gasteiger partial charge < -0.3 is 20.9 Å². The van der Waals surface area contributed by atoms with Crippen LogP contribution in [0, 0.1) is 11.3 Å². The molecule has 2 amide bonds. The standard InChI is InChI=1S/C20H35N5O2.HI/c1-21-19(25-11-5-8-20(15-25)13-18(27)24-14-20)23-10-9-22-17(26)12-16-6-3-2-4-7-16;/h16H,2-15H2,1H3,(H,21,23)(H,22,26)(H,24,27);1H. The monoisotopic (exact) mass is 505 g/mol. The Hall–Kier alpha value is -1.06. The fourth-order valence-electron chi connectivity index (χ4n) is 4.86. The maximum atomic E-state index is 12.1. The van der Waals surface area contributed by atoms with Crippen LogP contribution in [-0.2, 0) is 9.59 Å². The van der Waals surface area contributed by atoms with E-state index < -0.39 is 0 Å². The van der Waals surface area contributed by atoms with Crippen LogP contribution in [0.3, 0.4) is 0 Å². The van der Waals surface area contributed by atoms with Gasteiger partial charge in [-0.25, -0.2) is 0 Å². The van der Waals surface area contributed by atoms with Crippen LogP contribution < -0.4 is 16.0 Å². The Bertz CT molecular complexity index is 565. The van der Waals surface area contributed by atoms with Gasteiger partial charge in [-0.3, -0.25) is 14.6 Å². The normalized spacial score (nSPS) is 26.0. The highest BCUT2D eigenvalue weighted by Gasteiger charge is 2.42. The Morgan fingerprint density at radius 2 is 1.96 bits per heavy atom. The van der Waals surface area contributed by atoms with Gasteiger partial charge in [0.1, 0.15) is 0 Å². The summed E-state index contributed by atoms with van der Waals surface area (Å²) in [6.07, 6.45) is 9.73. The third-order valence-electron chi connectivity index (χ3n) is 6.30. The number of hydrogen-bond acceptors (Lipinski definition) is 3. The number of piperidine rings is 1. The molecule has 28 heavy (non-hydrogen) atoms. The molecule has 0 radical (unpaired) electrons. The maximum absolute atomic E-state index is 12.1. The van der Waals surface area contributed by atoms with Gasteiger partial charge in [0.15, 0.2) is 5.96 Å². The van der Waals surface area contributed by atoms with E-state index >= 15 is 0 Å². The number of rotatable bonds is 5. The summed E-state index contributed by atoms with van der Waals surface area (Å²) in [6.45, 7) is 3.88. The summed E-state index contributed by atoms with van der Waals surface area (Å²) in [4.78, 5) is 30.4. The van der Waals surface area contributed by atoms with Gasteiger partial charge in [-0.2, -0.15) is 0 Å². The zero-order valence-electron chi connectivity index (χ0n) is 17.1. The second-order valence-corrected chi connectivity index (χ2v) is 8.51. The van der Waals surface area contributed by atoms with E-state index in [4.69, 9.17) is 0 Å². The van der Waals surface area contributed by atoms with Gasteiger partial charge in [-0.05, 0) is 31.6 Å². The van der Waals surface area contributed by atoms with Crippen molar-refractivity contribution >= 4 is 41.8 Å². The first-order valence-electron chi connectivity index (χ1n) is 10.6. The molecule has 160 valence electrons. The van der Waals surface area contributed by atoms with Gasteiger partial charge >= 0.3 is 0 Å². The third-order valence-corrected chi connectivity index (χ3v) is 6.30. The number of nitrogens with one attached hydrogen (secondary N) is 3. The Morgan fingerprint density at radius 3 is 2.64 bits per heavy atom. The molecular weight excluding hydrogens is 469 g/mol. The number of guanidine groups is 1. The molecule has 3 N–H and O–H groups in total. The van der Waals surface area contributed by atoms with Crippen LogP contribution in [0.4, 0.5) is 0 Å². The number of amides is 2. The van der Waals surface area contributed by atoms with Crippen molar-refractivity contribution in [1.29, 1.82) is 0 Å². The van der Waals surface area contributed by atoms with Gasteiger partial charge in [-0.15, -0.1) is 24.0 Å². The van der Waals surface area contributed by atoms with Crippen molar-refractivity contribution in [3.05, 3.63) is 0 Å². The smallest absolute Gasteiger partial charge is 0.220 e. The van der Waals surface area contributed by atoms with Gasteiger partial charge in [0.2, 0.25) is 11.8 Å². The molecular formula is C20H36IN5O2. The molecule has 3 rings (SSSR count). The molecule has 1 unspecified atom stereocenters. The zero-order valence-corrected chi connectivity index (χ0v) is 19.4. The van der Waals surface area contributed by atoms with Crippen LogP contribution in [-0.4, -0.2) is 62.4 Å². The Kier molecular flexibility index (Phi) is 9.30. The number of nitrogens with zero attached hydrogens (tertiary/aromatic N) is 2. The van der Waals surface area contributed by atoms with Gasteiger partial charge in [0.25, 0.3) is 0 Å². The summed E-state index contributed by atoms with van der Waals surface area (Å²) < 4.78 is 0. The summed E-state index contributed by atoms with van der Waals surface area (Å²) in [5.74, 6) is 1.79. The van der Waals surface area contributed by atoms with Crippen molar-refractivity contribution in [1.82, 2.24) is 20.9 Å². The minimum absolute atomic E-state index is 0. The number of likely N-dealkylation sites (tertiary alicyclic amines) is 1. The SMILES string of the molecule is CN=C(NCCNC(=O)CC1CCCCC1)N1CCCC2(CNC(=O)C2)C1.I. The second-order valence-electron chi connectivity index (χ2n) is 8.51. The second kappa shape index (κ2) is 11.2. The first-order valence-corrected chi connectivity index (χ1v) is 10.6. The number of halogens is 1. The molecule has 3 aliphatic rings. The quantitative estimate of drug-likeness (QED) is 0.231. The van der Waals surface area contributed by atoms with E-state index in [2.05, 4.69) is 25.8 Å². The lowest BCUT2D eigenvalue weighted by atomic mass is 9.79. The van der Waals surface area contributed by atoms with Gasteiger partial charge in [0, 0.05) is 58.0 Å². The Morgan fingerprint density at radius 1 is 1.21 bits per heavy atom. The fraction of sp³-hybridized carbons (Fsp3) is 0.850. The molecule has 2 heterocycles. The van der Waals surface area contributed by atoms with Crippen molar-refractivity contribution in [2.45, 2.75) is 57.8 Å². The molecule has 1 aliphatic carbocycles. The highest BCUT2D eigenvalue weighted by molar-refractivity contribution is 14.0. The first kappa shape index (κ1) is 23.2. The van der Waals surface area contributed by atoms with Crippen molar-refractivity contribution in [3.8, 4) is 0 Å². The Labute approximate surface area is 185 Å². The predicted molar refractivity (Wildman–Crippen MR) is 122 cm³/mol. The molecule has 7 nitrogen and oxygen atoms in total. The molecule has 1 saturated carbocycles. The molecule has 0 aromatic carbocycles. The van der Waals surface area contributed by atoms with Gasteiger partial charge in [-0.1, -0.05) is 19.3 Å². The van der Waals surface area contributed by atoms with Crippen molar-refractivity contribution < 1.29 is 9.59 Å². The lowest BCUT2D eigenvalue weighted by Crippen LogP contribution is -2.52. The molecule has 3 fully saturated rings. The van der Waals surface area contributed by atoms with E-state index in [0.717, 1.165) is 38.4 Å². The van der Waals surface area contributed by atoms with Crippen LogP contribution in [0.15, 0.2) is 4.99 Å². The first-order chi connectivity index (χ1) is 13.1. The number of hydrogen-bond donors (Lipinski definition) is 3. The summed E-state index contributed by atoms with van der Waals surface area (Å²) >= 11 is 0.